The lowest BCUT2D eigenvalue weighted by Gasteiger charge is -2.32. The second-order valence-corrected chi connectivity index (χ2v) is 11.0. The molecule has 0 aliphatic carbocycles. The van der Waals surface area contributed by atoms with Crippen LogP contribution in [-0.4, -0.2) is 31.3 Å². The van der Waals surface area contributed by atoms with E-state index >= 15 is 0 Å². The topological polar surface area (TPSA) is 67.9 Å². The molecule has 8 heteroatoms. The van der Waals surface area contributed by atoms with Crippen LogP contribution in [0.5, 0.6) is 11.5 Å². The lowest BCUT2D eigenvalue weighted by molar-refractivity contribution is -0.117. The van der Waals surface area contributed by atoms with E-state index < -0.39 is 0 Å². The first kappa shape index (κ1) is 25.8. The number of anilines is 3. The molecule has 0 spiro atoms. The minimum atomic E-state index is -0.365. The van der Waals surface area contributed by atoms with Gasteiger partial charge in [-0.15, -0.1) is 11.8 Å². The molecule has 0 aromatic heterocycles. The summed E-state index contributed by atoms with van der Waals surface area (Å²) in [7, 11) is 3.08. The zero-order valence-corrected chi connectivity index (χ0v) is 22.8. The van der Waals surface area contributed by atoms with Crippen molar-refractivity contribution in [2.75, 3.05) is 24.4 Å². The number of para-hydroxylation sites is 2. The van der Waals surface area contributed by atoms with Gasteiger partial charge in [0, 0.05) is 25.9 Å². The Bertz CT molecular complexity index is 1460. The summed E-state index contributed by atoms with van der Waals surface area (Å²) in [5, 5.41) is 2.57. The van der Waals surface area contributed by atoms with Gasteiger partial charge >= 0.3 is 0 Å². The molecular weight excluding hydrogens is 516 g/mol. The largest absolute Gasteiger partial charge is 0.493 e. The van der Waals surface area contributed by atoms with Crippen molar-refractivity contribution in [3.8, 4) is 11.5 Å². The lowest BCUT2D eigenvalue weighted by atomic mass is 10.2. The van der Waals surface area contributed by atoms with Crippen LogP contribution < -0.4 is 19.7 Å². The predicted molar refractivity (Wildman–Crippen MR) is 153 cm³/mol. The van der Waals surface area contributed by atoms with Crippen LogP contribution in [0.15, 0.2) is 106 Å². The zero-order valence-electron chi connectivity index (χ0n) is 21.1. The van der Waals surface area contributed by atoms with Crippen molar-refractivity contribution in [1.29, 1.82) is 0 Å². The van der Waals surface area contributed by atoms with Crippen molar-refractivity contribution in [3.63, 3.8) is 0 Å². The lowest BCUT2D eigenvalue weighted by Crippen LogP contribution is -2.34. The number of ether oxygens (including phenoxy) is 2. The molecule has 1 atom stereocenters. The van der Waals surface area contributed by atoms with Gasteiger partial charge in [-0.25, -0.2) is 0 Å². The summed E-state index contributed by atoms with van der Waals surface area (Å²) in [6.07, 6.45) is 0. The number of benzene rings is 4. The second-order valence-electron chi connectivity index (χ2n) is 8.52. The number of thioether (sulfide) groups is 1. The first-order valence-corrected chi connectivity index (χ1v) is 13.7. The van der Waals surface area contributed by atoms with E-state index in [1.165, 1.54) is 18.9 Å². The first-order valence-electron chi connectivity index (χ1n) is 12.0. The van der Waals surface area contributed by atoms with Gasteiger partial charge in [0.25, 0.3) is 5.91 Å². The molecule has 38 heavy (non-hydrogen) atoms. The van der Waals surface area contributed by atoms with E-state index in [0.717, 1.165) is 26.1 Å². The molecule has 2 amide bonds. The van der Waals surface area contributed by atoms with Crippen LogP contribution in [0.1, 0.15) is 17.3 Å². The second kappa shape index (κ2) is 11.2. The molecule has 192 valence electrons. The molecule has 1 N–H and O–H groups in total. The van der Waals surface area contributed by atoms with Crippen LogP contribution in [0.2, 0.25) is 0 Å². The fourth-order valence-electron chi connectivity index (χ4n) is 4.21. The third-order valence-electron chi connectivity index (χ3n) is 6.05. The Morgan fingerprint density at radius 2 is 1.47 bits per heavy atom. The van der Waals surface area contributed by atoms with E-state index in [-0.39, 0.29) is 17.1 Å². The average Bonchev–Trinajstić information content (AvgIpc) is 2.95. The van der Waals surface area contributed by atoms with Crippen LogP contribution in [0.4, 0.5) is 17.1 Å². The van der Waals surface area contributed by atoms with Gasteiger partial charge < -0.3 is 14.8 Å². The minimum Gasteiger partial charge on any atom is -0.493 e. The van der Waals surface area contributed by atoms with E-state index in [9.17, 15) is 9.59 Å². The molecule has 5 rings (SSSR count). The van der Waals surface area contributed by atoms with Crippen molar-refractivity contribution >= 4 is 52.4 Å². The molecule has 0 bridgehead atoms. The number of amides is 2. The Kier molecular flexibility index (Phi) is 7.62. The molecule has 0 saturated carbocycles. The quantitative estimate of drug-likeness (QED) is 0.248. The monoisotopic (exact) mass is 542 g/mol. The molecule has 1 aliphatic rings. The Morgan fingerprint density at radius 1 is 0.816 bits per heavy atom. The van der Waals surface area contributed by atoms with Gasteiger partial charge in [0.15, 0.2) is 11.5 Å². The van der Waals surface area contributed by atoms with Crippen molar-refractivity contribution in [2.45, 2.75) is 26.9 Å². The highest BCUT2D eigenvalue weighted by Gasteiger charge is 2.31. The van der Waals surface area contributed by atoms with E-state index in [2.05, 4.69) is 5.32 Å². The average molecular weight is 543 g/mol. The van der Waals surface area contributed by atoms with Crippen LogP contribution in [0.25, 0.3) is 0 Å². The summed E-state index contributed by atoms with van der Waals surface area (Å²) in [5.41, 5.74) is 2.87. The van der Waals surface area contributed by atoms with Gasteiger partial charge in [-0.2, -0.15) is 0 Å². The molecule has 1 aliphatic heterocycles. The highest BCUT2D eigenvalue weighted by Crippen LogP contribution is 2.48. The van der Waals surface area contributed by atoms with Gasteiger partial charge in [-0.3, -0.25) is 14.5 Å². The fraction of sp³-hybridized carbons (Fsp3) is 0.133. The van der Waals surface area contributed by atoms with E-state index in [1.54, 1.807) is 37.1 Å². The van der Waals surface area contributed by atoms with Gasteiger partial charge in [-0.05, 0) is 67.6 Å². The molecule has 1 unspecified atom stereocenters. The molecule has 0 fully saturated rings. The zero-order chi connectivity index (χ0) is 26.6. The highest BCUT2D eigenvalue weighted by molar-refractivity contribution is 8.00. The van der Waals surface area contributed by atoms with Crippen LogP contribution >= 0.6 is 23.5 Å². The third kappa shape index (κ3) is 5.23. The van der Waals surface area contributed by atoms with Crippen molar-refractivity contribution < 1.29 is 19.1 Å². The maximum atomic E-state index is 13.8. The third-order valence-corrected chi connectivity index (χ3v) is 8.26. The van der Waals surface area contributed by atoms with Crippen molar-refractivity contribution in [3.05, 3.63) is 96.6 Å². The Morgan fingerprint density at radius 3 is 2.13 bits per heavy atom. The minimum absolute atomic E-state index is 0.00466. The van der Waals surface area contributed by atoms with Crippen LogP contribution in [-0.2, 0) is 4.79 Å². The van der Waals surface area contributed by atoms with Crippen LogP contribution in [0.3, 0.4) is 0 Å². The van der Waals surface area contributed by atoms with Gasteiger partial charge in [0.1, 0.15) is 0 Å². The van der Waals surface area contributed by atoms with E-state index in [0.29, 0.717) is 22.7 Å². The number of nitrogens with zero attached hydrogens (tertiary/aromatic N) is 1. The number of carbonyl (C=O) groups excluding carboxylic acids is 2. The summed E-state index contributed by atoms with van der Waals surface area (Å²) in [6, 6.07) is 28.5. The molecule has 4 aromatic carbocycles. The highest BCUT2D eigenvalue weighted by atomic mass is 32.2. The van der Waals surface area contributed by atoms with E-state index in [1.807, 2.05) is 84.6 Å². The van der Waals surface area contributed by atoms with Gasteiger partial charge in [0.2, 0.25) is 5.91 Å². The van der Waals surface area contributed by atoms with Crippen molar-refractivity contribution in [1.82, 2.24) is 0 Å². The Labute approximate surface area is 230 Å². The molecule has 1 heterocycles. The molecule has 0 radical (unpaired) electrons. The Hall–Kier alpha value is -3.88. The summed E-state index contributed by atoms with van der Waals surface area (Å²) >= 11 is 3.13. The summed E-state index contributed by atoms with van der Waals surface area (Å²) in [6.45, 7) is 1.91. The van der Waals surface area contributed by atoms with Gasteiger partial charge in [0.05, 0.1) is 30.8 Å². The standard InChI is InChI=1S/C30H26N2O4S2/c1-19(30(34)32-23-11-4-6-13-27(23)38-28-14-7-5-12-24(28)32)37-22-10-8-9-21(18-22)31-29(33)20-15-16-25(35-2)26(17-20)36-3/h4-19H,1-3H3,(H,31,33). The maximum Gasteiger partial charge on any atom is 0.255 e. The molecule has 4 aromatic rings. The number of rotatable bonds is 7. The SMILES string of the molecule is COc1ccc(C(=O)Nc2cccc(SC(C)C(=O)N3c4ccccc4Sc4ccccc43)c2)cc1OC. The van der Waals surface area contributed by atoms with Gasteiger partial charge in [-0.1, -0.05) is 42.1 Å². The number of carbonyl (C=O) groups is 2. The molecule has 0 saturated heterocycles. The number of nitrogens with one attached hydrogen (secondary N) is 1. The molecule has 6 nitrogen and oxygen atoms in total. The smallest absolute Gasteiger partial charge is 0.255 e. The number of hydrogen-bond donors (Lipinski definition) is 1. The predicted octanol–water partition coefficient (Wildman–Crippen LogP) is 7.27. The summed E-state index contributed by atoms with van der Waals surface area (Å²) < 4.78 is 10.6. The number of fused-ring (bicyclic) bond motifs is 2. The van der Waals surface area contributed by atoms with Crippen LogP contribution in [0, 0.1) is 0 Å². The van der Waals surface area contributed by atoms with Crippen molar-refractivity contribution in [2.24, 2.45) is 0 Å². The number of methoxy groups -OCH3 is 2. The van der Waals surface area contributed by atoms with E-state index in [4.69, 9.17) is 9.47 Å². The summed E-state index contributed by atoms with van der Waals surface area (Å²) in [4.78, 5) is 31.5. The normalized spacial score (nSPS) is 12.7. The maximum absolute atomic E-state index is 13.8. The fourth-order valence-corrected chi connectivity index (χ4v) is 6.23. The Balaban J connectivity index is 1.33. The summed E-state index contributed by atoms with van der Waals surface area (Å²) in [5.74, 6) is 0.765. The first-order chi connectivity index (χ1) is 18.5. The number of hydrogen-bond acceptors (Lipinski definition) is 6. The molecular formula is C30H26N2O4S2.